The fourth-order valence-electron chi connectivity index (χ4n) is 2.15. The van der Waals surface area contributed by atoms with E-state index in [2.05, 4.69) is 18.6 Å². The van der Waals surface area contributed by atoms with Crippen molar-refractivity contribution in [2.45, 2.75) is 57.4 Å². The van der Waals surface area contributed by atoms with Gasteiger partial charge in [-0.25, -0.2) is 13.1 Å². The van der Waals surface area contributed by atoms with Crippen LogP contribution in [0.4, 0.5) is 0 Å². The van der Waals surface area contributed by atoms with Gasteiger partial charge in [0, 0.05) is 12.6 Å². The standard InChI is InChI=1S/C16H27NO3S/c1-5-13(4)14-6-8-15(9-7-14)21(19,20)17-16(10-11-18)12(2)3/h6-9,12-13,16-18H,5,10-11H2,1-4H3. The van der Waals surface area contributed by atoms with Gasteiger partial charge in [-0.2, -0.15) is 0 Å². The fourth-order valence-corrected chi connectivity index (χ4v) is 3.57. The Morgan fingerprint density at radius 2 is 1.71 bits per heavy atom. The molecule has 0 radical (unpaired) electrons. The third-order valence-corrected chi connectivity index (χ3v) is 5.43. The summed E-state index contributed by atoms with van der Waals surface area (Å²) in [6.07, 6.45) is 1.44. The van der Waals surface area contributed by atoms with E-state index in [9.17, 15) is 8.42 Å². The number of hydrogen-bond acceptors (Lipinski definition) is 3. The summed E-state index contributed by atoms with van der Waals surface area (Å²) in [6.45, 7) is 8.08. The van der Waals surface area contributed by atoms with Crippen molar-refractivity contribution in [1.82, 2.24) is 4.72 Å². The molecule has 2 atom stereocenters. The zero-order chi connectivity index (χ0) is 16.0. The molecule has 0 spiro atoms. The first-order chi connectivity index (χ1) is 9.81. The van der Waals surface area contributed by atoms with Gasteiger partial charge in [0.2, 0.25) is 10.0 Å². The van der Waals surface area contributed by atoms with Crippen LogP contribution in [0.2, 0.25) is 0 Å². The Balaban J connectivity index is 2.92. The van der Waals surface area contributed by atoms with Crippen LogP contribution in [0.15, 0.2) is 29.2 Å². The molecule has 21 heavy (non-hydrogen) atoms. The second-order valence-corrected chi connectivity index (χ2v) is 7.58. The maximum atomic E-state index is 12.4. The molecule has 0 fully saturated rings. The van der Waals surface area contributed by atoms with Gasteiger partial charge in [-0.3, -0.25) is 0 Å². The lowest BCUT2D eigenvalue weighted by Gasteiger charge is -2.21. The topological polar surface area (TPSA) is 66.4 Å². The summed E-state index contributed by atoms with van der Waals surface area (Å²) in [6, 6.07) is 6.80. The van der Waals surface area contributed by atoms with Crippen LogP contribution in [0.25, 0.3) is 0 Å². The molecule has 0 heterocycles. The van der Waals surface area contributed by atoms with E-state index in [4.69, 9.17) is 5.11 Å². The third kappa shape index (κ3) is 5.09. The molecule has 0 aromatic heterocycles. The molecule has 0 saturated heterocycles. The summed E-state index contributed by atoms with van der Waals surface area (Å²) in [4.78, 5) is 0.276. The summed E-state index contributed by atoms with van der Waals surface area (Å²) in [5.41, 5.74) is 1.15. The predicted molar refractivity (Wildman–Crippen MR) is 85.8 cm³/mol. The second-order valence-electron chi connectivity index (χ2n) is 5.86. The lowest BCUT2D eigenvalue weighted by atomic mass is 9.99. The molecule has 0 aliphatic carbocycles. The van der Waals surface area contributed by atoms with E-state index in [1.54, 1.807) is 12.1 Å². The Hall–Kier alpha value is -0.910. The highest BCUT2D eigenvalue weighted by Crippen LogP contribution is 2.21. The second kappa shape index (κ2) is 7.92. The maximum absolute atomic E-state index is 12.4. The smallest absolute Gasteiger partial charge is 0.240 e. The minimum atomic E-state index is -3.54. The Morgan fingerprint density at radius 3 is 2.14 bits per heavy atom. The number of benzene rings is 1. The average molecular weight is 313 g/mol. The summed E-state index contributed by atoms with van der Waals surface area (Å²) in [5.74, 6) is 0.554. The van der Waals surface area contributed by atoms with E-state index in [1.807, 2.05) is 26.0 Å². The molecule has 0 bridgehead atoms. The average Bonchev–Trinajstić information content (AvgIpc) is 2.45. The van der Waals surface area contributed by atoms with Gasteiger partial charge in [0.05, 0.1) is 4.90 Å². The number of aliphatic hydroxyl groups excluding tert-OH is 1. The lowest BCUT2D eigenvalue weighted by Crippen LogP contribution is -2.39. The van der Waals surface area contributed by atoms with Crippen LogP contribution in [0.5, 0.6) is 0 Å². The van der Waals surface area contributed by atoms with Crippen LogP contribution in [-0.4, -0.2) is 26.2 Å². The zero-order valence-electron chi connectivity index (χ0n) is 13.3. The molecule has 0 amide bonds. The van der Waals surface area contributed by atoms with E-state index in [0.717, 1.165) is 12.0 Å². The Morgan fingerprint density at radius 1 is 1.14 bits per heavy atom. The van der Waals surface area contributed by atoms with E-state index in [-0.39, 0.29) is 23.5 Å². The van der Waals surface area contributed by atoms with Gasteiger partial charge in [-0.15, -0.1) is 0 Å². The first-order valence-electron chi connectivity index (χ1n) is 7.55. The highest BCUT2D eigenvalue weighted by Gasteiger charge is 2.22. The van der Waals surface area contributed by atoms with Crippen molar-refractivity contribution in [1.29, 1.82) is 0 Å². The fraction of sp³-hybridized carbons (Fsp3) is 0.625. The third-order valence-electron chi connectivity index (χ3n) is 3.92. The van der Waals surface area contributed by atoms with E-state index < -0.39 is 10.0 Å². The zero-order valence-corrected chi connectivity index (χ0v) is 14.2. The summed E-state index contributed by atoms with van der Waals surface area (Å²) in [7, 11) is -3.54. The molecular weight excluding hydrogens is 286 g/mol. The van der Waals surface area contributed by atoms with Gasteiger partial charge in [-0.1, -0.05) is 39.8 Å². The lowest BCUT2D eigenvalue weighted by molar-refractivity contribution is 0.256. The Labute approximate surface area is 128 Å². The quantitative estimate of drug-likeness (QED) is 0.775. The van der Waals surface area contributed by atoms with E-state index in [1.165, 1.54) is 0 Å². The molecule has 0 saturated carbocycles. The van der Waals surface area contributed by atoms with Gasteiger partial charge in [0.25, 0.3) is 0 Å². The molecule has 120 valence electrons. The highest BCUT2D eigenvalue weighted by atomic mass is 32.2. The van der Waals surface area contributed by atoms with Crippen molar-refractivity contribution in [2.24, 2.45) is 5.92 Å². The number of rotatable bonds is 8. The van der Waals surface area contributed by atoms with Gasteiger partial charge < -0.3 is 5.11 Å². The number of aliphatic hydroxyl groups is 1. The number of nitrogens with one attached hydrogen (secondary N) is 1. The summed E-state index contributed by atoms with van der Waals surface area (Å²) < 4.78 is 27.4. The van der Waals surface area contributed by atoms with Crippen molar-refractivity contribution in [2.75, 3.05) is 6.61 Å². The molecular formula is C16H27NO3S. The molecule has 5 heteroatoms. The number of hydrogen-bond donors (Lipinski definition) is 2. The SMILES string of the molecule is CCC(C)c1ccc(S(=O)(=O)NC(CCO)C(C)C)cc1. The Bertz CT molecular complexity index is 523. The molecule has 2 unspecified atom stereocenters. The van der Waals surface area contributed by atoms with Crippen molar-refractivity contribution < 1.29 is 13.5 Å². The van der Waals surface area contributed by atoms with Crippen LogP contribution in [0.1, 0.15) is 52.0 Å². The molecule has 1 rings (SSSR count). The predicted octanol–water partition coefficient (Wildman–Crippen LogP) is 2.89. The maximum Gasteiger partial charge on any atom is 0.240 e. The van der Waals surface area contributed by atoms with Gasteiger partial charge in [0.15, 0.2) is 0 Å². The van der Waals surface area contributed by atoms with Gasteiger partial charge >= 0.3 is 0 Å². The molecule has 2 N–H and O–H groups in total. The summed E-state index contributed by atoms with van der Waals surface area (Å²) >= 11 is 0. The molecule has 0 aliphatic rings. The van der Waals surface area contributed by atoms with Gasteiger partial charge in [0.1, 0.15) is 0 Å². The van der Waals surface area contributed by atoms with Crippen molar-refractivity contribution in [3.8, 4) is 0 Å². The molecule has 0 aliphatic heterocycles. The van der Waals surface area contributed by atoms with Crippen LogP contribution in [-0.2, 0) is 10.0 Å². The van der Waals surface area contributed by atoms with Crippen molar-refractivity contribution >= 4 is 10.0 Å². The summed E-state index contributed by atoms with van der Waals surface area (Å²) in [5, 5.41) is 9.04. The first kappa shape index (κ1) is 18.1. The van der Waals surface area contributed by atoms with Crippen LogP contribution < -0.4 is 4.72 Å². The Kier molecular flexibility index (Phi) is 6.84. The minimum absolute atomic E-state index is 0.0294. The van der Waals surface area contributed by atoms with E-state index >= 15 is 0 Å². The van der Waals surface area contributed by atoms with Crippen molar-refractivity contribution in [3.63, 3.8) is 0 Å². The van der Waals surface area contributed by atoms with Gasteiger partial charge in [-0.05, 0) is 42.4 Å². The molecule has 1 aromatic rings. The molecule has 1 aromatic carbocycles. The van der Waals surface area contributed by atoms with Crippen molar-refractivity contribution in [3.05, 3.63) is 29.8 Å². The highest BCUT2D eigenvalue weighted by molar-refractivity contribution is 7.89. The van der Waals surface area contributed by atoms with Crippen LogP contribution in [0, 0.1) is 5.92 Å². The largest absolute Gasteiger partial charge is 0.396 e. The minimum Gasteiger partial charge on any atom is -0.396 e. The van der Waals surface area contributed by atoms with E-state index in [0.29, 0.717) is 12.3 Å². The first-order valence-corrected chi connectivity index (χ1v) is 9.03. The normalized spacial score (nSPS) is 15.1. The van der Waals surface area contributed by atoms with Crippen LogP contribution in [0.3, 0.4) is 0 Å². The van der Waals surface area contributed by atoms with Crippen LogP contribution >= 0.6 is 0 Å². The molecule has 4 nitrogen and oxygen atoms in total. The number of sulfonamides is 1. The monoisotopic (exact) mass is 313 g/mol.